The Labute approximate surface area is 108 Å². The second-order valence-corrected chi connectivity index (χ2v) is 4.78. The van der Waals surface area contributed by atoms with Crippen molar-refractivity contribution in [3.05, 3.63) is 71.3 Å². The van der Waals surface area contributed by atoms with E-state index in [1.807, 2.05) is 18.2 Å². The molecule has 0 aliphatic rings. The van der Waals surface area contributed by atoms with Crippen molar-refractivity contribution in [1.29, 1.82) is 0 Å². The molecule has 1 nitrogen and oxygen atoms in total. The molecule has 0 spiro atoms. The molecular weight excluding hydrogens is 220 g/mol. The molecule has 0 unspecified atom stereocenters. The summed E-state index contributed by atoms with van der Waals surface area (Å²) in [4.78, 5) is 11.5. The van der Waals surface area contributed by atoms with Crippen LogP contribution in [-0.4, -0.2) is 5.78 Å². The first-order chi connectivity index (χ1) is 8.66. The Morgan fingerprint density at radius 1 is 0.944 bits per heavy atom. The zero-order valence-corrected chi connectivity index (χ0v) is 10.9. The van der Waals surface area contributed by atoms with Gasteiger partial charge in [-0.3, -0.25) is 4.79 Å². The van der Waals surface area contributed by atoms with Crippen LogP contribution in [0, 0.1) is 6.92 Å². The van der Waals surface area contributed by atoms with E-state index in [4.69, 9.17) is 0 Å². The molecule has 0 aromatic heterocycles. The highest BCUT2D eigenvalue weighted by Gasteiger charge is 2.15. The molecule has 0 aliphatic heterocycles. The van der Waals surface area contributed by atoms with Crippen LogP contribution in [0.5, 0.6) is 0 Å². The lowest BCUT2D eigenvalue weighted by Crippen LogP contribution is -2.06. The zero-order valence-electron chi connectivity index (χ0n) is 10.9. The van der Waals surface area contributed by atoms with E-state index in [0.29, 0.717) is 6.42 Å². The summed E-state index contributed by atoms with van der Waals surface area (Å²) in [6.45, 7) is 3.73. The first-order valence-corrected chi connectivity index (χ1v) is 6.28. The Bertz CT molecular complexity index is 511. The van der Waals surface area contributed by atoms with Gasteiger partial charge >= 0.3 is 0 Å². The topological polar surface area (TPSA) is 17.1 Å². The summed E-state index contributed by atoms with van der Waals surface area (Å²) in [5.74, 6) is 0.397. The summed E-state index contributed by atoms with van der Waals surface area (Å²) in [5.41, 5.74) is 3.66. The van der Waals surface area contributed by atoms with Gasteiger partial charge in [-0.15, -0.1) is 0 Å². The van der Waals surface area contributed by atoms with Gasteiger partial charge in [0.05, 0.1) is 0 Å². The van der Waals surface area contributed by atoms with Gasteiger partial charge in [0.25, 0.3) is 0 Å². The van der Waals surface area contributed by atoms with Crippen LogP contribution in [0.3, 0.4) is 0 Å². The van der Waals surface area contributed by atoms with E-state index in [-0.39, 0.29) is 11.7 Å². The normalized spacial score (nSPS) is 12.1. The Balaban J connectivity index is 2.36. The van der Waals surface area contributed by atoms with Crippen LogP contribution in [0.15, 0.2) is 54.6 Å². The number of carbonyl (C=O) groups is 1. The van der Waals surface area contributed by atoms with Gasteiger partial charge in [-0.2, -0.15) is 0 Å². The lowest BCUT2D eigenvalue weighted by atomic mass is 9.87. The van der Waals surface area contributed by atoms with Crippen molar-refractivity contribution in [2.75, 3.05) is 0 Å². The summed E-state index contributed by atoms with van der Waals surface area (Å²) < 4.78 is 0. The van der Waals surface area contributed by atoms with Crippen LogP contribution in [-0.2, 0) is 4.79 Å². The number of ketones is 1. The van der Waals surface area contributed by atoms with E-state index in [1.165, 1.54) is 16.7 Å². The van der Waals surface area contributed by atoms with Crippen molar-refractivity contribution in [3.8, 4) is 0 Å². The van der Waals surface area contributed by atoms with Crippen LogP contribution in [0.1, 0.15) is 36.0 Å². The number of Topliss-reactive ketones (excluding diaryl/α,β-unsaturated/α-hetero) is 1. The monoisotopic (exact) mass is 238 g/mol. The third kappa shape index (κ3) is 3.07. The van der Waals surface area contributed by atoms with Gasteiger partial charge in [0.2, 0.25) is 0 Å². The standard InChI is InChI=1S/C17H18O/c1-13-8-10-16(11-9-13)17(12-14(2)18)15-6-4-3-5-7-15/h3-11,17H,12H2,1-2H3/t17-/m1/s1. The molecule has 0 heterocycles. The van der Waals surface area contributed by atoms with Crippen molar-refractivity contribution in [3.63, 3.8) is 0 Å². The van der Waals surface area contributed by atoms with E-state index >= 15 is 0 Å². The third-order valence-corrected chi connectivity index (χ3v) is 3.17. The van der Waals surface area contributed by atoms with E-state index in [2.05, 4.69) is 43.3 Å². The summed E-state index contributed by atoms with van der Waals surface area (Å²) in [6, 6.07) is 18.7. The quantitative estimate of drug-likeness (QED) is 0.783. The van der Waals surface area contributed by atoms with Crippen molar-refractivity contribution in [2.24, 2.45) is 0 Å². The second-order valence-electron chi connectivity index (χ2n) is 4.78. The fourth-order valence-electron chi connectivity index (χ4n) is 2.20. The molecule has 18 heavy (non-hydrogen) atoms. The van der Waals surface area contributed by atoms with Crippen molar-refractivity contribution in [1.82, 2.24) is 0 Å². The number of carbonyl (C=O) groups excluding carboxylic acids is 1. The van der Waals surface area contributed by atoms with Gasteiger partial charge in [-0.1, -0.05) is 60.2 Å². The summed E-state index contributed by atoms with van der Waals surface area (Å²) >= 11 is 0. The molecule has 0 saturated heterocycles. The molecule has 1 atom stereocenters. The first kappa shape index (κ1) is 12.6. The number of aryl methyl sites for hydroxylation is 1. The zero-order chi connectivity index (χ0) is 13.0. The van der Waals surface area contributed by atoms with E-state index in [9.17, 15) is 4.79 Å². The SMILES string of the molecule is CC(=O)C[C@H](c1ccccc1)c1ccc(C)cc1. The Morgan fingerprint density at radius 2 is 1.50 bits per heavy atom. The average Bonchev–Trinajstić information content (AvgIpc) is 2.38. The molecule has 0 saturated carbocycles. The minimum atomic E-state index is 0.171. The fraction of sp³-hybridized carbons (Fsp3) is 0.235. The van der Waals surface area contributed by atoms with E-state index < -0.39 is 0 Å². The highest BCUT2D eigenvalue weighted by Crippen LogP contribution is 2.28. The highest BCUT2D eigenvalue weighted by molar-refractivity contribution is 5.77. The Morgan fingerprint density at radius 3 is 2.06 bits per heavy atom. The Kier molecular flexibility index (Phi) is 3.93. The largest absolute Gasteiger partial charge is 0.300 e. The molecular formula is C17H18O. The number of rotatable bonds is 4. The maximum Gasteiger partial charge on any atom is 0.130 e. The van der Waals surface area contributed by atoms with Crippen LogP contribution >= 0.6 is 0 Å². The summed E-state index contributed by atoms with van der Waals surface area (Å²) in [6.07, 6.45) is 0.563. The van der Waals surface area contributed by atoms with Crippen molar-refractivity contribution in [2.45, 2.75) is 26.2 Å². The van der Waals surface area contributed by atoms with Crippen molar-refractivity contribution < 1.29 is 4.79 Å². The smallest absolute Gasteiger partial charge is 0.130 e. The van der Waals surface area contributed by atoms with E-state index in [0.717, 1.165) is 0 Å². The lowest BCUT2D eigenvalue weighted by Gasteiger charge is -2.16. The number of benzene rings is 2. The predicted octanol–water partition coefficient (Wildman–Crippen LogP) is 4.11. The fourth-order valence-corrected chi connectivity index (χ4v) is 2.20. The number of hydrogen-bond donors (Lipinski definition) is 0. The molecule has 0 bridgehead atoms. The molecule has 0 aliphatic carbocycles. The first-order valence-electron chi connectivity index (χ1n) is 6.28. The molecule has 0 radical (unpaired) electrons. The molecule has 1 heteroatoms. The maximum absolute atomic E-state index is 11.5. The van der Waals surface area contributed by atoms with Gasteiger partial charge in [-0.05, 0) is 25.0 Å². The summed E-state index contributed by atoms with van der Waals surface area (Å²) in [5, 5.41) is 0. The minimum absolute atomic E-state index is 0.171. The molecule has 0 amide bonds. The average molecular weight is 238 g/mol. The maximum atomic E-state index is 11.5. The molecule has 2 rings (SSSR count). The van der Waals surface area contributed by atoms with Gasteiger partial charge in [0, 0.05) is 12.3 Å². The third-order valence-electron chi connectivity index (χ3n) is 3.17. The molecule has 92 valence electrons. The van der Waals surface area contributed by atoms with Gasteiger partial charge in [-0.25, -0.2) is 0 Å². The van der Waals surface area contributed by atoms with Crippen LogP contribution in [0.4, 0.5) is 0 Å². The van der Waals surface area contributed by atoms with Crippen LogP contribution in [0.2, 0.25) is 0 Å². The van der Waals surface area contributed by atoms with Gasteiger partial charge < -0.3 is 0 Å². The lowest BCUT2D eigenvalue weighted by molar-refractivity contribution is -0.117. The van der Waals surface area contributed by atoms with Gasteiger partial charge in [0.1, 0.15) is 5.78 Å². The van der Waals surface area contributed by atoms with E-state index in [1.54, 1.807) is 6.92 Å². The van der Waals surface area contributed by atoms with Crippen molar-refractivity contribution >= 4 is 5.78 Å². The van der Waals surface area contributed by atoms with Crippen LogP contribution < -0.4 is 0 Å². The molecule has 2 aromatic rings. The highest BCUT2D eigenvalue weighted by atomic mass is 16.1. The molecule has 0 fully saturated rings. The predicted molar refractivity (Wildman–Crippen MR) is 74.8 cm³/mol. The van der Waals surface area contributed by atoms with Crippen LogP contribution in [0.25, 0.3) is 0 Å². The summed E-state index contributed by atoms with van der Waals surface area (Å²) in [7, 11) is 0. The Hall–Kier alpha value is -1.89. The van der Waals surface area contributed by atoms with Gasteiger partial charge in [0.15, 0.2) is 0 Å². The second kappa shape index (κ2) is 5.63. The number of hydrogen-bond acceptors (Lipinski definition) is 1. The molecule has 2 aromatic carbocycles. The molecule has 0 N–H and O–H groups in total. The minimum Gasteiger partial charge on any atom is -0.300 e.